The monoisotopic (exact) mass is 332 g/mol. The molecule has 0 bridgehead atoms. The van der Waals surface area contributed by atoms with Crippen LogP contribution in [0.3, 0.4) is 0 Å². The molecule has 0 aromatic heterocycles. The van der Waals surface area contributed by atoms with Crippen molar-refractivity contribution in [2.45, 2.75) is 25.9 Å². The van der Waals surface area contributed by atoms with Gasteiger partial charge in [-0.05, 0) is 33.5 Å². The minimum atomic E-state index is -0.962. The van der Waals surface area contributed by atoms with Gasteiger partial charge < -0.3 is 15.5 Å². The number of nitrogens with one attached hydrogen (secondary N) is 1. The third-order valence-corrected chi connectivity index (χ3v) is 3.31. The van der Waals surface area contributed by atoms with Gasteiger partial charge >= 0.3 is 0 Å². The van der Waals surface area contributed by atoms with E-state index in [9.17, 15) is 15.2 Å². The number of hydrogen-bond donors (Lipinski definition) is 3. The first kappa shape index (κ1) is 15.9. The van der Waals surface area contributed by atoms with Gasteiger partial charge in [0.05, 0.1) is 17.6 Å². The predicted octanol–water partition coefficient (Wildman–Crippen LogP) is 2.25. The van der Waals surface area contributed by atoms with Crippen LogP contribution in [-0.2, 0) is 0 Å². The molecule has 0 aliphatic rings. The van der Waals surface area contributed by atoms with Crippen molar-refractivity contribution in [3.05, 3.63) is 32.3 Å². The van der Waals surface area contributed by atoms with E-state index in [2.05, 4.69) is 21.2 Å². The lowest BCUT2D eigenvalue weighted by atomic mass is 10.0. The first-order valence-corrected chi connectivity index (χ1v) is 6.66. The second-order valence-corrected chi connectivity index (χ2v) is 5.38. The smallest absolute Gasteiger partial charge is 0.293 e. The highest BCUT2D eigenvalue weighted by Gasteiger charge is 2.20. The molecule has 106 valence electrons. The fourth-order valence-electron chi connectivity index (χ4n) is 1.55. The molecule has 0 aliphatic carbocycles. The van der Waals surface area contributed by atoms with Gasteiger partial charge in [-0.15, -0.1) is 0 Å². The first-order valence-electron chi connectivity index (χ1n) is 5.87. The minimum absolute atomic E-state index is 0.0387. The molecule has 1 aromatic carbocycles. The zero-order valence-electron chi connectivity index (χ0n) is 10.8. The van der Waals surface area contributed by atoms with Gasteiger partial charge in [0.25, 0.3) is 5.69 Å². The average molecular weight is 333 g/mol. The van der Waals surface area contributed by atoms with Gasteiger partial charge in [0.2, 0.25) is 0 Å². The van der Waals surface area contributed by atoms with Crippen molar-refractivity contribution in [1.82, 2.24) is 0 Å². The molecule has 1 atom stereocenters. The Morgan fingerprint density at radius 1 is 1.47 bits per heavy atom. The van der Waals surface area contributed by atoms with Crippen molar-refractivity contribution in [1.29, 1.82) is 0 Å². The number of rotatable bonds is 6. The Hall–Kier alpha value is -1.18. The normalized spacial score (nSPS) is 12.5. The molecule has 0 aliphatic heterocycles. The van der Waals surface area contributed by atoms with Crippen molar-refractivity contribution < 1.29 is 15.1 Å². The summed E-state index contributed by atoms with van der Waals surface area (Å²) in [7, 11) is 0. The summed E-state index contributed by atoms with van der Waals surface area (Å²) in [5.41, 5.74) is 1.11. The first-order chi connectivity index (χ1) is 8.86. The summed E-state index contributed by atoms with van der Waals surface area (Å²) in [5.74, 6) is 0.173. The molecule has 19 heavy (non-hydrogen) atoms. The Morgan fingerprint density at radius 2 is 2.11 bits per heavy atom. The molecule has 7 heteroatoms. The number of hydrogen-bond acceptors (Lipinski definition) is 5. The lowest BCUT2D eigenvalue weighted by Crippen LogP contribution is -2.23. The van der Waals surface area contributed by atoms with Crippen LogP contribution in [0.5, 0.6) is 0 Å². The van der Waals surface area contributed by atoms with E-state index in [-0.39, 0.29) is 18.2 Å². The lowest BCUT2D eigenvalue weighted by Gasteiger charge is -2.14. The maximum absolute atomic E-state index is 11.1. The van der Waals surface area contributed by atoms with Crippen LogP contribution < -0.4 is 5.32 Å². The SMILES string of the molecule is CC(C)c1cc(Br)c(NCC(O)CO)c([N+](=O)[O-])c1. The minimum Gasteiger partial charge on any atom is -0.394 e. The number of nitro benzene ring substituents is 1. The molecule has 0 spiro atoms. The Kier molecular flexibility index (Phi) is 5.71. The van der Waals surface area contributed by atoms with Crippen molar-refractivity contribution >= 4 is 27.3 Å². The molecular weight excluding hydrogens is 316 g/mol. The summed E-state index contributed by atoms with van der Waals surface area (Å²) < 4.78 is 0.565. The van der Waals surface area contributed by atoms with Crippen molar-refractivity contribution in [3.63, 3.8) is 0 Å². The Balaban J connectivity index is 3.11. The lowest BCUT2D eigenvalue weighted by molar-refractivity contribution is -0.384. The van der Waals surface area contributed by atoms with Gasteiger partial charge in [0, 0.05) is 17.1 Å². The fraction of sp³-hybridized carbons (Fsp3) is 0.500. The molecule has 0 amide bonds. The van der Waals surface area contributed by atoms with Crippen molar-refractivity contribution in [2.75, 3.05) is 18.5 Å². The zero-order chi connectivity index (χ0) is 14.6. The average Bonchev–Trinajstić information content (AvgIpc) is 2.35. The molecule has 0 radical (unpaired) electrons. The van der Waals surface area contributed by atoms with Crippen LogP contribution in [0.4, 0.5) is 11.4 Å². The van der Waals surface area contributed by atoms with E-state index in [1.54, 1.807) is 0 Å². The molecule has 1 rings (SSSR count). The Bertz CT molecular complexity index is 465. The number of nitrogens with zero attached hydrogens (tertiary/aromatic N) is 1. The summed E-state index contributed by atoms with van der Waals surface area (Å²) in [6.45, 7) is 3.54. The van der Waals surface area contributed by atoms with Crippen LogP contribution in [0, 0.1) is 10.1 Å². The molecule has 0 saturated heterocycles. The molecule has 1 aromatic rings. The number of benzene rings is 1. The maximum Gasteiger partial charge on any atom is 0.293 e. The fourth-order valence-corrected chi connectivity index (χ4v) is 2.16. The molecular formula is C12H17BrN2O4. The highest BCUT2D eigenvalue weighted by molar-refractivity contribution is 9.10. The van der Waals surface area contributed by atoms with Crippen molar-refractivity contribution in [3.8, 4) is 0 Å². The Morgan fingerprint density at radius 3 is 2.58 bits per heavy atom. The highest BCUT2D eigenvalue weighted by atomic mass is 79.9. The quantitative estimate of drug-likeness (QED) is 0.548. The second-order valence-electron chi connectivity index (χ2n) is 4.53. The second kappa shape index (κ2) is 6.83. The van der Waals surface area contributed by atoms with Crippen LogP contribution >= 0.6 is 15.9 Å². The number of aliphatic hydroxyl groups excluding tert-OH is 2. The van der Waals surface area contributed by atoms with Crippen LogP contribution in [0.2, 0.25) is 0 Å². The standard InChI is InChI=1S/C12H17BrN2O4/c1-7(2)8-3-10(13)12(11(4-8)15(18)19)14-5-9(17)6-16/h3-4,7,9,14,16-17H,5-6H2,1-2H3. The van der Waals surface area contributed by atoms with Gasteiger partial charge in [0.1, 0.15) is 5.69 Å². The maximum atomic E-state index is 11.1. The van der Waals surface area contributed by atoms with Gasteiger partial charge in [-0.3, -0.25) is 10.1 Å². The summed E-state index contributed by atoms with van der Waals surface area (Å²) in [4.78, 5) is 10.6. The molecule has 0 fully saturated rings. The van der Waals surface area contributed by atoms with E-state index < -0.39 is 17.6 Å². The van der Waals surface area contributed by atoms with Crippen LogP contribution in [0.1, 0.15) is 25.3 Å². The number of anilines is 1. The Labute approximate surface area is 119 Å². The summed E-state index contributed by atoms with van der Waals surface area (Å²) in [6, 6.07) is 3.33. The number of aliphatic hydroxyl groups is 2. The number of halogens is 1. The third-order valence-electron chi connectivity index (χ3n) is 2.68. The van der Waals surface area contributed by atoms with E-state index in [4.69, 9.17) is 5.11 Å². The third kappa shape index (κ3) is 4.15. The van der Waals surface area contributed by atoms with E-state index in [0.29, 0.717) is 10.2 Å². The van der Waals surface area contributed by atoms with Crippen LogP contribution in [0.15, 0.2) is 16.6 Å². The highest BCUT2D eigenvalue weighted by Crippen LogP contribution is 2.36. The zero-order valence-corrected chi connectivity index (χ0v) is 12.3. The molecule has 6 nitrogen and oxygen atoms in total. The van der Waals surface area contributed by atoms with Crippen LogP contribution in [-0.4, -0.2) is 34.4 Å². The van der Waals surface area contributed by atoms with E-state index in [0.717, 1.165) is 5.56 Å². The van der Waals surface area contributed by atoms with Crippen molar-refractivity contribution in [2.24, 2.45) is 0 Å². The van der Waals surface area contributed by atoms with Gasteiger partial charge in [-0.25, -0.2) is 0 Å². The van der Waals surface area contributed by atoms with Gasteiger partial charge in [-0.1, -0.05) is 13.8 Å². The summed E-state index contributed by atoms with van der Waals surface area (Å²) in [6.07, 6.45) is -0.962. The molecule has 1 unspecified atom stereocenters. The van der Waals surface area contributed by atoms with E-state index in [1.165, 1.54) is 6.07 Å². The molecule has 0 saturated carbocycles. The number of nitro groups is 1. The van der Waals surface area contributed by atoms with Gasteiger partial charge in [0.15, 0.2) is 0 Å². The molecule has 3 N–H and O–H groups in total. The predicted molar refractivity (Wildman–Crippen MR) is 76.5 cm³/mol. The summed E-state index contributed by atoms with van der Waals surface area (Å²) in [5, 5.41) is 31.9. The van der Waals surface area contributed by atoms with E-state index in [1.807, 2.05) is 19.9 Å². The van der Waals surface area contributed by atoms with E-state index >= 15 is 0 Å². The van der Waals surface area contributed by atoms with Gasteiger partial charge in [-0.2, -0.15) is 0 Å². The summed E-state index contributed by atoms with van der Waals surface area (Å²) >= 11 is 3.30. The largest absolute Gasteiger partial charge is 0.394 e. The van der Waals surface area contributed by atoms with Crippen LogP contribution in [0.25, 0.3) is 0 Å². The topological polar surface area (TPSA) is 95.6 Å². The molecule has 0 heterocycles.